The summed E-state index contributed by atoms with van der Waals surface area (Å²) in [6.07, 6.45) is 2.23. The zero-order valence-electron chi connectivity index (χ0n) is 14.6. The van der Waals surface area contributed by atoms with Crippen molar-refractivity contribution in [1.82, 2.24) is 10.6 Å². The third-order valence-corrected chi connectivity index (χ3v) is 3.96. The van der Waals surface area contributed by atoms with Crippen LogP contribution >= 0.6 is 24.0 Å². The smallest absolute Gasteiger partial charge is 0.191 e. The Labute approximate surface area is 156 Å². The van der Waals surface area contributed by atoms with Crippen LogP contribution in [-0.4, -0.2) is 32.3 Å². The molecule has 6 heteroatoms. The number of nitrogens with one attached hydrogen (secondary N) is 2. The largest absolute Gasteiger partial charge is 0.496 e. The first-order chi connectivity index (χ1) is 10.6. The Bertz CT molecular complexity index is 549. The SMILES string of the molecule is CCC(C)NC(=NC)NCc1cc2c(cc1OC)CC(C)O2.I. The lowest BCUT2D eigenvalue weighted by Crippen LogP contribution is -2.41. The summed E-state index contributed by atoms with van der Waals surface area (Å²) in [5.41, 5.74) is 2.29. The normalized spacial score (nSPS) is 17.6. The van der Waals surface area contributed by atoms with E-state index in [9.17, 15) is 0 Å². The number of methoxy groups -OCH3 is 1. The number of rotatable bonds is 5. The Kier molecular flexibility index (Phi) is 7.94. The van der Waals surface area contributed by atoms with Crippen molar-refractivity contribution in [2.45, 2.75) is 52.3 Å². The van der Waals surface area contributed by atoms with Gasteiger partial charge in [0, 0.05) is 37.2 Å². The van der Waals surface area contributed by atoms with Crippen molar-refractivity contribution >= 4 is 29.9 Å². The maximum atomic E-state index is 5.83. The first-order valence-corrected chi connectivity index (χ1v) is 7.91. The summed E-state index contributed by atoms with van der Waals surface area (Å²) in [6.45, 7) is 7.01. The van der Waals surface area contributed by atoms with Crippen LogP contribution < -0.4 is 20.1 Å². The standard InChI is InChI=1S/C17H27N3O2.HI/c1-6-11(2)20-17(18-4)19-10-14-9-16-13(7-12(3)22-16)8-15(14)21-5;/h8-9,11-12H,6-7,10H2,1-5H3,(H2,18,19,20);1H. The number of nitrogens with zero attached hydrogens (tertiary/aromatic N) is 1. The maximum absolute atomic E-state index is 5.83. The van der Waals surface area contributed by atoms with Crippen molar-refractivity contribution in [2.75, 3.05) is 14.2 Å². The van der Waals surface area contributed by atoms with Crippen LogP contribution in [0, 0.1) is 0 Å². The van der Waals surface area contributed by atoms with Crippen LogP contribution in [0.25, 0.3) is 0 Å². The highest BCUT2D eigenvalue weighted by Gasteiger charge is 2.21. The minimum atomic E-state index is 0. The summed E-state index contributed by atoms with van der Waals surface area (Å²) in [5, 5.41) is 6.68. The van der Waals surface area contributed by atoms with Crippen LogP contribution in [-0.2, 0) is 13.0 Å². The van der Waals surface area contributed by atoms with Crippen LogP contribution in [0.4, 0.5) is 0 Å². The second-order valence-electron chi connectivity index (χ2n) is 5.78. The third kappa shape index (κ3) is 5.16. The van der Waals surface area contributed by atoms with E-state index < -0.39 is 0 Å². The minimum absolute atomic E-state index is 0. The van der Waals surface area contributed by atoms with Gasteiger partial charge in [0.1, 0.15) is 17.6 Å². The lowest BCUT2D eigenvalue weighted by molar-refractivity contribution is 0.254. The maximum Gasteiger partial charge on any atom is 0.191 e. The summed E-state index contributed by atoms with van der Waals surface area (Å²) >= 11 is 0. The molecule has 2 atom stereocenters. The summed E-state index contributed by atoms with van der Waals surface area (Å²) in [5.74, 6) is 2.66. The Balaban J connectivity index is 0.00000264. The predicted molar refractivity (Wildman–Crippen MR) is 105 cm³/mol. The molecule has 1 aromatic rings. The fourth-order valence-electron chi connectivity index (χ4n) is 2.52. The third-order valence-electron chi connectivity index (χ3n) is 3.96. The van der Waals surface area contributed by atoms with Gasteiger partial charge in [-0.15, -0.1) is 24.0 Å². The molecule has 2 unspecified atom stereocenters. The summed E-state index contributed by atoms with van der Waals surface area (Å²) in [6, 6.07) is 4.54. The number of fused-ring (bicyclic) bond motifs is 1. The van der Waals surface area contributed by atoms with Crippen molar-refractivity contribution in [3.63, 3.8) is 0 Å². The average Bonchev–Trinajstić information content (AvgIpc) is 2.88. The highest BCUT2D eigenvalue weighted by atomic mass is 127. The van der Waals surface area contributed by atoms with E-state index in [-0.39, 0.29) is 30.1 Å². The molecule has 0 fully saturated rings. The van der Waals surface area contributed by atoms with Gasteiger partial charge in [-0.2, -0.15) is 0 Å². The van der Waals surface area contributed by atoms with Gasteiger partial charge in [-0.05, 0) is 32.4 Å². The first kappa shape index (κ1) is 19.9. The van der Waals surface area contributed by atoms with E-state index in [4.69, 9.17) is 9.47 Å². The van der Waals surface area contributed by atoms with Gasteiger partial charge in [-0.25, -0.2) is 0 Å². The quantitative estimate of drug-likeness (QED) is 0.426. The highest BCUT2D eigenvalue weighted by molar-refractivity contribution is 14.0. The van der Waals surface area contributed by atoms with Crippen LogP contribution in [0.3, 0.4) is 0 Å². The first-order valence-electron chi connectivity index (χ1n) is 7.91. The van der Waals surface area contributed by atoms with Gasteiger partial charge in [0.15, 0.2) is 5.96 Å². The Morgan fingerprint density at radius 2 is 2.22 bits per heavy atom. The number of aliphatic imine (C=N–C) groups is 1. The Hall–Kier alpha value is -1.18. The number of guanidine groups is 1. The lowest BCUT2D eigenvalue weighted by atomic mass is 10.1. The second kappa shape index (κ2) is 9.20. The monoisotopic (exact) mass is 433 g/mol. The molecule has 2 N–H and O–H groups in total. The van der Waals surface area contributed by atoms with Gasteiger partial charge in [0.2, 0.25) is 0 Å². The van der Waals surface area contributed by atoms with E-state index in [1.54, 1.807) is 14.2 Å². The molecule has 0 aliphatic carbocycles. The van der Waals surface area contributed by atoms with E-state index in [0.29, 0.717) is 12.6 Å². The van der Waals surface area contributed by atoms with E-state index >= 15 is 0 Å². The minimum Gasteiger partial charge on any atom is -0.496 e. The molecular formula is C17H28IN3O2. The number of benzene rings is 1. The number of ether oxygens (including phenoxy) is 2. The molecule has 1 heterocycles. The zero-order valence-corrected chi connectivity index (χ0v) is 16.9. The van der Waals surface area contributed by atoms with E-state index in [2.05, 4.69) is 48.5 Å². The van der Waals surface area contributed by atoms with Crippen molar-refractivity contribution in [3.05, 3.63) is 23.3 Å². The van der Waals surface area contributed by atoms with Gasteiger partial charge in [0.25, 0.3) is 0 Å². The van der Waals surface area contributed by atoms with Crippen LogP contribution in [0.15, 0.2) is 17.1 Å². The molecule has 1 aromatic carbocycles. The van der Waals surface area contributed by atoms with Gasteiger partial charge < -0.3 is 20.1 Å². The van der Waals surface area contributed by atoms with Gasteiger partial charge in [-0.3, -0.25) is 4.99 Å². The number of hydrogen-bond donors (Lipinski definition) is 2. The van der Waals surface area contributed by atoms with Crippen LogP contribution in [0.1, 0.15) is 38.3 Å². The second-order valence-corrected chi connectivity index (χ2v) is 5.78. The molecule has 0 spiro atoms. The topological polar surface area (TPSA) is 54.9 Å². The van der Waals surface area contributed by atoms with E-state index in [0.717, 1.165) is 35.9 Å². The summed E-state index contributed by atoms with van der Waals surface area (Å²) in [7, 11) is 3.49. The van der Waals surface area contributed by atoms with Gasteiger partial charge >= 0.3 is 0 Å². The molecule has 0 bridgehead atoms. The molecule has 130 valence electrons. The fourth-order valence-corrected chi connectivity index (χ4v) is 2.52. The van der Waals surface area contributed by atoms with Crippen LogP contribution in [0.2, 0.25) is 0 Å². The molecule has 0 saturated carbocycles. The molecule has 0 amide bonds. The molecule has 1 aliphatic heterocycles. The van der Waals surface area contributed by atoms with Crippen molar-refractivity contribution in [2.24, 2.45) is 4.99 Å². The van der Waals surface area contributed by atoms with Crippen molar-refractivity contribution < 1.29 is 9.47 Å². The van der Waals surface area contributed by atoms with Crippen molar-refractivity contribution in [3.8, 4) is 11.5 Å². The molecule has 1 aliphatic rings. The molecule has 0 radical (unpaired) electrons. The number of halogens is 1. The molecule has 0 saturated heterocycles. The zero-order chi connectivity index (χ0) is 16.1. The predicted octanol–water partition coefficient (Wildman–Crippen LogP) is 3.10. The van der Waals surface area contributed by atoms with Crippen LogP contribution in [0.5, 0.6) is 11.5 Å². The van der Waals surface area contributed by atoms with Crippen molar-refractivity contribution in [1.29, 1.82) is 0 Å². The average molecular weight is 433 g/mol. The van der Waals surface area contributed by atoms with Gasteiger partial charge in [0.05, 0.1) is 7.11 Å². The highest BCUT2D eigenvalue weighted by Crippen LogP contribution is 2.34. The van der Waals surface area contributed by atoms with Gasteiger partial charge in [-0.1, -0.05) is 6.92 Å². The van der Waals surface area contributed by atoms with E-state index in [1.807, 2.05) is 0 Å². The lowest BCUT2D eigenvalue weighted by Gasteiger charge is -2.17. The number of hydrogen-bond acceptors (Lipinski definition) is 3. The molecule has 2 rings (SSSR count). The molecule has 5 nitrogen and oxygen atoms in total. The fraction of sp³-hybridized carbons (Fsp3) is 0.588. The Morgan fingerprint density at radius 3 is 2.83 bits per heavy atom. The summed E-state index contributed by atoms with van der Waals surface area (Å²) in [4.78, 5) is 4.25. The summed E-state index contributed by atoms with van der Waals surface area (Å²) < 4.78 is 11.4. The Morgan fingerprint density at radius 1 is 1.48 bits per heavy atom. The molecule has 0 aromatic heterocycles. The molecule has 23 heavy (non-hydrogen) atoms. The molecular weight excluding hydrogens is 405 g/mol. The van der Waals surface area contributed by atoms with E-state index in [1.165, 1.54) is 5.56 Å².